The first-order valence-electron chi connectivity index (χ1n) is 7.54. The average Bonchev–Trinajstić information content (AvgIpc) is 3.36. The molecule has 26 heavy (non-hydrogen) atoms. The van der Waals surface area contributed by atoms with Gasteiger partial charge in [-0.2, -0.15) is 5.26 Å². The highest BCUT2D eigenvalue weighted by atomic mass is 79.9. The molecule has 1 fully saturated rings. The number of rotatable bonds is 7. The van der Waals surface area contributed by atoms with E-state index in [1.54, 1.807) is 6.07 Å². The fourth-order valence-electron chi connectivity index (χ4n) is 1.97. The number of sulfonamides is 1. The van der Waals surface area contributed by atoms with Gasteiger partial charge in [0.2, 0.25) is 15.8 Å². The molecule has 1 aromatic rings. The Bertz CT molecular complexity index is 926. The Hall–Kier alpha value is -2.22. The zero-order chi connectivity index (χ0) is 19.5. The molecule has 0 spiro atoms. The van der Waals surface area contributed by atoms with Gasteiger partial charge in [0.25, 0.3) is 0 Å². The predicted octanol–water partition coefficient (Wildman–Crippen LogP) is 1.37. The monoisotopic (exact) mass is 441 g/mol. The topological polar surface area (TPSA) is 139 Å². The Balaban J connectivity index is 2.16. The SMILES string of the molecule is C/C(N)=C(/C#N)C(=O)COC(=O)c1cc(S(=O)(=O)NC2CC2)ccc1Br. The minimum absolute atomic E-state index is 0.0222. The smallest absolute Gasteiger partial charge is 0.339 e. The lowest BCUT2D eigenvalue weighted by molar-refractivity contribution is -0.118. The number of Topliss-reactive ketones (excluding diaryl/α,β-unsaturated/α-hetero) is 1. The summed E-state index contributed by atoms with van der Waals surface area (Å²) in [6, 6.07) is 5.49. The molecule has 1 aliphatic carbocycles. The number of nitrogens with two attached hydrogens (primary N) is 1. The quantitative estimate of drug-likeness (QED) is 0.369. The number of carbonyl (C=O) groups excluding carboxylic acids is 2. The third-order valence-electron chi connectivity index (χ3n) is 3.49. The van der Waals surface area contributed by atoms with Gasteiger partial charge in [0.05, 0.1) is 10.5 Å². The van der Waals surface area contributed by atoms with E-state index in [2.05, 4.69) is 20.7 Å². The standard InChI is InChI=1S/C16H16BrN3O5S/c1-9(19)13(7-18)15(21)8-25-16(22)12-6-11(4-5-14(12)17)26(23,24)20-10-2-3-10/h4-6,10,20H,2-3,8,19H2,1H3/b13-9+. The number of hydrogen-bond acceptors (Lipinski definition) is 7. The summed E-state index contributed by atoms with van der Waals surface area (Å²) in [6.45, 7) is 0.704. The molecule has 0 amide bonds. The molecular weight excluding hydrogens is 426 g/mol. The fraction of sp³-hybridized carbons (Fsp3) is 0.312. The van der Waals surface area contributed by atoms with Crippen LogP contribution in [0.3, 0.4) is 0 Å². The zero-order valence-electron chi connectivity index (χ0n) is 13.8. The molecule has 0 radical (unpaired) electrons. The van der Waals surface area contributed by atoms with E-state index >= 15 is 0 Å². The number of nitrogens with one attached hydrogen (secondary N) is 1. The fourth-order valence-corrected chi connectivity index (χ4v) is 3.71. The Morgan fingerprint density at radius 2 is 2.08 bits per heavy atom. The van der Waals surface area contributed by atoms with E-state index in [-0.39, 0.29) is 27.8 Å². The van der Waals surface area contributed by atoms with Crippen molar-refractivity contribution in [2.75, 3.05) is 6.61 Å². The van der Waals surface area contributed by atoms with Gasteiger partial charge < -0.3 is 10.5 Å². The van der Waals surface area contributed by atoms with Gasteiger partial charge in [-0.3, -0.25) is 4.79 Å². The molecule has 0 unspecified atom stereocenters. The average molecular weight is 442 g/mol. The number of esters is 1. The number of allylic oxidation sites excluding steroid dienone is 1. The molecule has 1 saturated carbocycles. The first-order valence-corrected chi connectivity index (χ1v) is 9.82. The van der Waals surface area contributed by atoms with Gasteiger partial charge in [-0.15, -0.1) is 0 Å². The lowest BCUT2D eigenvalue weighted by atomic mass is 10.1. The highest BCUT2D eigenvalue weighted by Crippen LogP contribution is 2.25. The second kappa shape index (κ2) is 7.99. The van der Waals surface area contributed by atoms with Crippen LogP contribution in [0.2, 0.25) is 0 Å². The Kier molecular flexibility index (Phi) is 6.17. The summed E-state index contributed by atoms with van der Waals surface area (Å²) in [7, 11) is -3.74. The van der Waals surface area contributed by atoms with E-state index in [0.29, 0.717) is 4.47 Å². The largest absolute Gasteiger partial charge is 0.454 e. The van der Waals surface area contributed by atoms with Crippen molar-refractivity contribution in [1.29, 1.82) is 5.26 Å². The highest BCUT2D eigenvalue weighted by molar-refractivity contribution is 9.10. The number of hydrogen-bond donors (Lipinski definition) is 2. The second-order valence-corrected chi connectivity index (χ2v) is 8.27. The summed E-state index contributed by atoms with van der Waals surface area (Å²) in [6.07, 6.45) is 1.56. The van der Waals surface area contributed by atoms with Crippen LogP contribution in [-0.4, -0.2) is 32.8 Å². The molecule has 0 bridgehead atoms. The molecule has 0 saturated heterocycles. The first kappa shape index (κ1) is 20.1. The normalized spacial score (nSPS) is 15.0. The second-order valence-electron chi connectivity index (χ2n) is 5.71. The van der Waals surface area contributed by atoms with Crippen molar-refractivity contribution in [3.63, 3.8) is 0 Å². The molecule has 10 heteroatoms. The Morgan fingerprint density at radius 3 is 2.62 bits per heavy atom. The molecule has 138 valence electrons. The third kappa shape index (κ3) is 4.91. The summed E-state index contributed by atoms with van der Waals surface area (Å²) in [5.41, 5.74) is 5.10. The van der Waals surface area contributed by atoms with Gasteiger partial charge in [-0.05, 0) is 53.9 Å². The Morgan fingerprint density at radius 1 is 1.42 bits per heavy atom. The maximum Gasteiger partial charge on any atom is 0.339 e. The van der Waals surface area contributed by atoms with E-state index in [1.807, 2.05) is 0 Å². The van der Waals surface area contributed by atoms with Crippen molar-refractivity contribution in [2.45, 2.75) is 30.7 Å². The van der Waals surface area contributed by atoms with Crippen LogP contribution in [0.15, 0.2) is 38.8 Å². The molecule has 2 rings (SSSR count). The summed E-state index contributed by atoms with van der Waals surface area (Å²) < 4.78 is 32.2. The van der Waals surface area contributed by atoms with E-state index in [9.17, 15) is 18.0 Å². The van der Waals surface area contributed by atoms with E-state index in [1.165, 1.54) is 19.1 Å². The van der Waals surface area contributed by atoms with Gasteiger partial charge in [0.15, 0.2) is 6.61 Å². The van der Waals surface area contributed by atoms with E-state index < -0.39 is 28.4 Å². The van der Waals surface area contributed by atoms with Crippen LogP contribution < -0.4 is 10.5 Å². The number of ether oxygens (including phenoxy) is 1. The van der Waals surface area contributed by atoms with Gasteiger partial charge in [-0.25, -0.2) is 17.9 Å². The number of carbonyl (C=O) groups is 2. The summed E-state index contributed by atoms with van der Waals surface area (Å²) in [5, 5.41) is 8.87. The van der Waals surface area contributed by atoms with Gasteiger partial charge in [0.1, 0.15) is 11.6 Å². The molecular formula is C16H16BrN3O5S. The van der Waals surface area contributed by atoms with Crippen molar-refractivity contribution in [1.82, 2.24) is 4.72 Å². The minimum Gasteiger partial charge on any atom is -0.454 e. The van der Waals surface area contributed by atoms with E-state index in [0.717, 1.165) is 18.9 Å². The number of halogens is 1. The van der Waals surface area contributed by atoms with Crippen LogP contribution in [0.25, 0.3) is 0 Å². The zero-order valence-corrected chi connectivity index (χ0v) is 16.2. The van der Waals surface area contributed by atoms with Crippen molar-refractivity contribution in [3.8, 4) is 6.07 Å². The lowest BCUT2D eigenvalue weighted by Crippen LogP contribution is -2.26. The van der Waals surface area contributed by atoms with Crippen LogP contribution >= 0.6 is 15.9 Å². The molecule has 1 aliphatic rings. The van der Waals surface area contributed by atoms with E-state index in [4.69, 9.17) is 15.7 Å². The number of nitriles is 1. The molecule has 0 aliphatic heterocycles. The van der Waals surface area contributed by atoms with Crippen LogP contribution in [0.1, 0.15) is 30.1 Å². The minimum atomic E-state index is -3.74. The number of ketones is 1. The molecule has 8 nitrogen and oxygen atoms in total. The third-order valence-corrected chi connectivity index (χ3v) is 5.70. The van der Waals surface area contributed by atoms with Crippen molar-refractivity contribution in [3.05, 3.63) is 39.5 Å². The van der Waals surface area contributed by atoms with Gasteiger partial charge in [0, 0.05) is 16.2 Å². The predicted molar refractivity (Wildman–Crippen MR) is 95.3 cm³/mol. The number of benzene rings is 1. The van der Waals surface area contributed by atoms with Crippen molar-refractivity contribution >= 4 is 37.7 Å². The summed E-state index contributed by atoms with van der Waals surface area (Å²) in [4.78, 5) is 24.0. The van der Waals surface area contributed by atoms with Gasteiger partial charge in [-0.1, -0.05) is 0 Å². The van der Waals surface area contributed by atoms with Crippen LogP contribution in [-0.2, 0) is 19.6 Å². The van der Waals surface area contributed by atoms with Gasteiger partial charge >= 0.3 is 5.97 Å². The molecule has 0 heterocycles. The molecule has 0 aromatic heterocycles. The van der Waals surface area contributed by atoms with Crippen LogP contribution in [0, 0.1) is 11.3 Å². The lowest BCUT2D eigenvalue weighted by Gasteiger charge is -2.09. The Labute approximate surface area is 159 Å². The summed E-state index contributed by atoms with van der Waals surface area (Å²) in [5.74, 6) is -1.64. The van der Waals surface area contributed by atoms with Crippen molar-refractivity contribution < 1.29 is 22.7 Å². The number of nitrogens with zero attached hydrogens (tertiary/aromatic N) is 1. The molecule has 1 aromatic carbocycles. The maximum absolute atomic E-state index is 12.2. The molecule has 0 atom stereocenters. The first-order chi connectivity index (χ1) is 12.2. The maximum atomic E-state index is 12.2. The van der Waals surface area contributed by atoms with Crippen LogP contribution in [0.4, 0.5) is 0 Å². The van der Waals surface area contributed by atoms with Crippen LogP contribution in [0.5, 0.6) is 0 Å². The van der Waals surface area contributed by atoms with Crippen molar-refractivity contribution in [2.24, 2.45) is 5.73 Å². The molecule has 3 N–H and O–H groups in total. The summed E-state index contributed by atoms with van der Waals surface area (Å²) >= 11 is 3.15. The highest BCUT2D eigenvalue weighted by Gasteiger charge is 2.29.